The van der Waals surface area contributed by atoms with Gasteiger partial charge in [-0.15, -0.1) is 11.3 Å². The van der Waals surface area contributed by atoms with Crippen molar-refractivity contribution in [3.05, 3.63) is 51.7 Å². The predicted octanol–water partition coefficient (Wildman–Crippen LogP) is 2.73. The van der Waals surface area contributed by atoms with E-state index in [-0.39, 0.29) is 18.4 Å². The standard InChI is InChI=1S/C19H22N2O3S/c1-14-5-3-4-6-16(14)24-13-18(22)20-9-11-21(12-10-20)19(23)17-8-7-15(2)25-17/h3-8H,9-13H2,1-2H3. The normalized spacial score (nSPS) is 14.5. The highest BCUT2D eigenvalue weighted by Crippen LogP contribution is 2.19. The van der Waals surface area contributed by atoms with Crippen LogP contribution in [0.25, 0.3) is 0 Å². The lowest BCUT2D eigenvalue weighted by Crippen LogP contribution is -2.51. The molecule has 25 heavy (non-hydrogen) atoms. The van der Waals surface area contributed by atoms with Crippen molar-refractivity contribution in [2.75, 3.05) is 32.8 Å². The molecule has 0 spiro atoms. The first kappa shape index (κ1) is 17.5. The fourth-order valence-electron chi connectivity index (χ4n) is 2.81. The van der Waals surface area contributed by atoms with Crippen LogP contribution >= 0.6 is 11.3 Å². The Labute approximate surface area is 151 Å². The first-order valence-electron chi connectivity index (χ1n) is 8.36. The van der Waals surface area contributed by atoms with Gasteiger partial charge in [0.25, 0.3) is 11.8 Å². The van der Waals surface area contributed by atoms with Gasteiger partial charge in [-0.1, -0.05) is 18.2 Å². The average Bonchev–Trinajstić information content (AvgIpc) is 3.07. The molecule has 2 aromatic rings. The molecule has 0 saturated carbocycles. The van der Waals surface area contributed by atoms with Crippen LogP contribution in [-0.4, -0.2) is 54.4 Å². The molecule has 0 unspecified atom stereocenters. The van der Waals surface area contributed by atoms with Crippen LogP contribution in [0.4, 0.5) is 0 Å². The predicted molar refractivity (Wildman–Crippen MR) is 98.2 cm³/mol. The molecule has 1 saturated heterocycles. The molecular formula is C19H22N2O3S. The molecule has 1 fully saturated rings. The van der Waals surface area contributed by atoms with E-state index >= 15 is 0 Å². The van der Waals surface area contributed by atoms with E-state index in [9.17, 15) is 9.59 Å². The topological polar surface area (TPSA) is 49.9 Å². The van der Waals surface area contributed by atoms with Crippen LogP contribution in [-0.2, 0) is 4.79 Å². The summed E-state index contributed by atoms with van der Waals surface area (Å²) in [6, 6.07) is 11.5. The molecule has 0 aliphatic carbocycles. The fourth-order valence-corrected chi connectivity index (χ4v) is 3.65. The van der Waals surface area contributed by atoms with Gasteiger partial charge < -0.3 is 14.5 Å². The molecule has 1 aliphatic heterocycles. The molecule has 0 atom stereocenters. The number of benzene rings is 1. The second-order valence-corrected chi connectivity index (χ2v) is 7.43. The van der Waals surface area contributed by atoms with Crippen LogP contribution in [0.2, 0.25) is 0 Å². The second kappa shape index (κ2) is 7.70. The number of amides is 2. The number of ether oxygens (including phenoxy) is 1. The van der Waals surface area contributed by atoms with Gasteiger partial charge in [0, 0.05) is 31.1 Å². The molecule has 0 N–H and O–H groups in total. The smallest absolute Gasteiger partial charge is 0.264 e. The maximum atomic E-state index is 12.4. The number of carbonyl (C=O) groups excluding carboxylic acids is 2. The lowest BCUT2D eigenvalue weighted by Gasteiger charge is -2.34. The molecular weight excluding hydrogens is 336 g/mol. The minimum Gasteiger partial charge on any atom is -0.484 e. The zero-order chi connectivity index (χ0) is 17.8. The van der Waals surface area contributed by atoms with Gasteiger partial charge in [0.1, 0.15) is 5.75 Å². The lowest BCUT2D eigenvalue weighted by molar-refractivity contribution is -0.134. The Kier molecular flexibility index (Phi) is 5.38. The number of thiophene rings is 1. The third-order valence-electron chi connectivity index (χ3n) is 4.32. The maximum Gasteiger partial charge on any atom is 0.264 e. The summed E-state index contributed by atoms with van der Waals surface area (Å²) in [5.41, 5.74) is 1.01. The number of carbonyl (C=O) groups is 2. The number of nitrogens with zero attached hydrogens (tertiary/aromatic N) is 2. The zero-order valence-electron chi connectivity index (χ0n) is 14.5. The van der Waals surface area contributed by atoms with E-state index in [0.717, 1.165) is 21.1 Å². The molecule has 1 aliphatic rings. The highest BCUT2D eigenvalue weighted by Gasteiger charge is 2.25. The van der Waals surface area contributed by atoms with Crippen LogP contribution in [0.3, 0.4) is 0 Å². The van der Waals surface area contributed by atoms with Crippen molar-refractivity contribution in [3.63, 3.8) is 0 Å². The Morgan fingerprint density at radius 3 is 2.32 bits per heavy atom. The molecule has 0 bridgehead atoms. The van der Waals surface area contributed by atoms with E-state index in [1.54, 1.807) is 4.90 Å². The number of hydrogen-bond donors (Lipinski definition) is 0. The van der Waals surface area contributed by atoms with E-state index in [1.165, 1.54) is 11.3 Å². The summed E-state index contributed by atoms with van der Waals surface area (Å²) in [6.07, 6.45) is 0. The SMILES string of the molecule is Cc1ccc(C(=O)N2CCN(C(=O)COc3ccccc3C)CC2)s1. The van der Waals surface area contributed by atoms with Gasteiger partial charge in [-0.05, 0) is 37.6 Å². The third-order valence-corrected chi connectivity index (χ3v) is 5.30. The minimum atomic E-state index is -0.0395. The highest BCUT2D eigenvalue weighted by atomic mass is 32.1. The molecule has 132 valence electrons. The van der Waals surface area contributed by atoms with Crippen molar-refractivity contribution in [2.24, 2.45) is 0 Å². The first-order valence-corrected chi connectivity index (χ1v) is 9.18. The van der Waals surface area contributed by atoms with Crippen molar-refractivity contribution in [1.29, 1.82) is 0 Å². The number of aryl methyl sites for hydroxylation is 2. The summed E-state index contributed by atoms with van der Waals surface area (Å²) < 4.78 is 5.63. The Bertz CT molecular complexity index is 764. The number of para-hydroxylation sites is 1. The summed E-state index contributed by atoms with van der Waals surface area (Å²) in [6.45, 7) is 6.20. The Hall–Kier alpha value is -2.34. The summed E-state index contributed by atoms with van der Waals surface area (Å²) in [5.74, 6) is 0.751. The molecule has 6 heteroatoms. The largest absolute Gasteiger partial charge is 0.484 e. The van der Waals surface area contributed by atoms with Crippen LogP contribution < -0.4 is 4.74 Å². The van der Waals surface area contributed by atoms with Gasteiger partial charge in [0.15, 0.2) is 6.61 Å². The zero-order valence-corrected chi connectivity index (χ0v) is 15.3. The van der Waals surface area contributed by atoms with Gasteiger partial charge in [0.05, 0.1) is 4.88 Å². The Balaban J connectivity index is 1.49. The molecule has 1 aromatic heterocycles. The van der Waals surface area contributed by atoms with Gasteiger partial charge in [0.2, 0.25) is 0 Å². The molecule has 0 radical (unpaired) electrons. The van der Waals surface area contributed by atoms with E-state index < -0.39 is 0 Å². The van der Waals surface area contributed by atoms with E-state index in [1.807, 2.05) is 55.1 Å². The Morgan fingerprint density at radius 1 is 1.00 bits per heavy atom. The fraction of sp³-hybridized carbons (Fsp3) is 0.368. The van der Waals surface area contributed by atoms with E-state index in [4.69, 9.17) is 4.74 Å². The van der Waals surface area contributed by atoms with Crippen molar-refractivity contribution < 1.29 is 14.3 Å². The van der Waals surface area contributed by atoms with Gasteiger partial charge >= 0.3 is 0 Å². The second-order valence-electron chi connectivity index (χ2n) is 6.14. The lowest BCUT2D eigenvalue weighted by atomic mass is 10.2. The van der Waals surface area contributed by atoms with Crippen LogP contribution in [0.5, 0.6) is 5.75 Å². The van der Waals surface area contributed by atoms with Crippen LogP contribution in [0.1, 0.15) is 20.1 Å². The Morgan fingerprint density at radius 2 is 1.68 bits per heavy atom. The molecule has 3 rings (SSSR count). The van der Waals surface area contributed by atoms with Crippen molar-refractivity contribution in [1.82, 2.24) is 9.80 Å². The van der Waals surface area contributed by atoms with Gasteiger partial charge in [-0.3, -0.25) is 9.59 Å². The van der Waals surface area contributed by atoms with Crippen molar-refractivity contribution in [3.8, 4) is 5.75 Å². The summed E-state index contributed by atoms with van der Waals surface area (Å²) in [5, 5.41) is 0. The molecule has 2 heterocycles. The van der Waals surface area contributed by atoms with Crippen LogP contribution in [0.15, 0.2) is 36.4 Å². The number of rotatable bonds is 4. The van der Waals surface area contributed by atoms with Gasteiger partial charge in [-0.2, -0.15) is 0 Å². The van der Waals surface area contributed by atoms with Crippen LogP contribution in [0, 0.1) is 13.8 Å². The quantitative estimate of drug-likeness (QED) is 0.844. The minimum absolute atomic E-state index is 0.0307. The number of piperazine rings is 1. The molecule has 1 aromatic carbocycles. The first-order chi connectivity index (χ1) is 12.0. The molecule has 2 amide bonds. The maximum absolute atomic E-state index is 12.4. The van der Waals surface area contributed by atoms with E-state index in [0.29, 0.717) is 26.2 Å². The highest BCUT2D eigenvalue weighted by molar-refractivity contribution is 7.13. The van der Waals surface area contributed by atoms with Gasteiger partial charge in [-0.25, -0.2) is 0 Å². The van der Waals surface area contributed by atoms with E-state index in [2.05, 4.69) is 0 Å². The summed E-state index contributed by atoms with van der Waals surface area (Å²) in [7, 11) is 0. The summed E-state index contributed by atoms with van der Waals surface area (Å²) >= 11 is 1.51. The summed E-state index contributed by atoms with van der Waals surface area (Å²) in [4.78, 5) is 30.3. The average molecular weight is 358 g/mol. The van der Waals surface area contributed by atoms with Crippen molar-refractivity contribution >= 4 is 23.2 Å². The molecule has 5 nitrogen and oxygen atoms in total. The van der Waals surface area contributed by atoms with Crippen molar-refractivity contribution in [2.45, 2.75) is 13.8 Å². The monoisotopic (exact) mass is 358 g/mol. The number of hydrogen-bond acceptors (Lipinski definition) is 4. The third kappa shape index (κ3) is 4.20.